The van der Waals surface area contributed by atoms with E-state index in [1.807, 2.05) is 35.2 Å². The first kappa shape index (κ1) is 18.2. The summed E-state index contributed by atoms with van der Waals surface area (Å²) < 4.78 is 5.88. The Labute approximate surface area is 179 Å². The summed E-state index contributed by atoms with van der Waals surface area (Å²) in [6.45, 7) is 0.291. The molecule has 2 unspecified atom stereocenters. The van der Waals surface area contributed by atoms with E-state index in [0.717, 1.165) is 24.0 Å². The summed E-state index contributed by atoms with van der Waals surface area (Å²) in [5.41, 5.74) is 7.05. The number of rotatable bonds is 3. The van der Waals surface area contributed by atoms with Crippen molar-refractivity contribution in [2.24, 2.45) is 0 Å². The average Bonchev–Trinajstić information content (AvgIpc) is 3.46. The Kier molecular flexibility index (Phi) is 3.93. The maximum atomic E-state index is 13.2. The topological polar surface area (TPSA) is 66.8 Å². The van der Waals surface area contributed by atoms with Crippen LogP contribution in [0.3, 0.4) is 0 Å². The molecule has 0 radical (unpaired) electrons. The molecule has 2 bridgehead atoms. The second-order valence-corrected chi connectivity index (χ2v) is 8.47. The number of aromatic carboxylic acids is 1. The Balaban J connectivity index is 1.25. The van der Waals surface area contributed by atoms with Gasteiger partial charge in [0.1, 0.15) is 6.61 Å². The highest BCUT2D eigenvalue weighted by Crippen LogP contribution is 2.53. The second-order valence-electron chi connectivity index (χ2n) is 8.47. The van der Waals surface area contributed by atoms with E-state index >= 15 is 0 Å². The van der Waals surface area contributed by atoms with Gasteiger partial charge in [0.05, 0.1) is 17.6 Å². The molecule has 0 saturated carbocycles. The molecule has 31 heavy (non-hydrogen) atoms. The van der Waals surface area contributed by atoms with Crippen molar-refractivity contribution in [2.45, 2.75) is 30.8 Å². The van der Waals surface area contributed by atoms with Crippen molar-refractivity contribution < 1.29 is 19.4 Å². The molecule has 3 aliphatic rings. The predicted octanol–water partition coefficient (Wildman–Crippen LogP) is 5.53. The van der Waals surface area contributed by atoms with Gasteiger partial charge in [0.25, 0.3) is 0 Å². The normalized spacial score (nSPS) is 20.3. The molecule has 1 amide bonds. The highest BCUT2D eigenvalue weighted by Gasteiger charge is 2.47. The number of hydrogen-bond acceptors (Lipinski definition) is 3. The zero-order valence-corrected chi connectivity index (χ0v) is 16.8. The Morgan fingerprint density at radius 1 is 0.839 bits per heavy atom. The van der Waals surface area contributed by atoms with Crippen LogP contribution in [0.4, 0.5) is 4.79 Å². The fourth-order valence-corrected chi connectivity index (χ4v) is 5.64. The summed E-state index contributed by atoms with van der Waals surface area (Å²) in [5.74, 6) is -0.921. The number of ether oxygens (including phenoxy) is 1. The molecule has 1 fully saturated rings. The summed E-state index contributed by atoms with van der Waals surface area (Å²) >= 11 is 0. The van der Waals surface area contributed by atoms with Crippen molar-refractivity contribution in [2.75, 3.05) is 6.61 Å². The third kappa shape index (κ3) is 2.62. The smallest absolute Gasteiger partial charge is 0.410 e. The number of fused-ring (bicyclic) bond motifs is 8. The SMILES string of the molecule is O=C(O)c1ccc2c(c1)C1CCC2N1C(=O)OCC1c2ccccc2-c2ccccc21. The van der Waals surface area contributed by atoms with Crippen LogP contribution in [0.25, 0.3) is 11.1 Å². The van der Waals surface area contributed by atoms with Crippen LogP contribution in [0, 0.1) is 0 Å². The Morgan fingerprint density at radius 3 is 2.10 bits per heavy atom. The van der Waals surface area contributed by atoms with E-state index in [1.165, 1.54) is 22.3 Å². The first-order valence-corrected chi connectivity index (χ1v) is 10.6. The fourth-order valence-electron chi connectivity index (χ4n) is 5.64. The number of carbonyl (C=O) groups is 2. The zero-order chi connectivity index (χ0) is 21.1. The summed E-state index contributed by atoms with van der Waals surface area (Å²) in [6, 6.07) is 21.6. The first-order chi connectivity index (χ1) is 15.1. The first-order valence-electron chi connectivity index (χ1n) is 10.6. The number of amides is 1. The molecule has 2 aliphatic heterocycles. The van der Waals surface area contributed by atoms with Gasteiger partial charge in [0.15, 0.2) is 0 Å². The molecule has 1 aliphatic carbocycles. The number of hydrogen-bond donors (Lipinski definition) is 1. The number of carboxylic acid groups (broad SMARTS) is 1. The Bertz CT molecular complexity index is 1190. The van der Waals surface area contributed by atoms with Crippen LogP contribution < -0.4 is 0 Å². The van der Waals surface area contributed by atoms with Crippen molar-refractivity contribution in [3.8, 4) is 11.1 Å². The molecule has 5 heteroatoms. The summed E-state index contributed by atoms with van der Waals surface area (Å²) in [4.78, 5) is 26.3. The van der Waals surface area contributed by atoms with Gasteiger partial charge in [-0.1, -0.05) is 54.6 Å². The Morgan fingerprint density at radius 2 is 1.45 bits per heavy atom. The predicted molar refractivity (Wildman–Crippen MR) is 115 cm³/mol. The average molecular weight is 411 g/mol. The van der Waals surface area contributed by atoms with Gasteiger partial charge < -0.3 is 9.84 Å². The van der Waals surface area contributed by atoms with Crippen LogP contribution in [-0.2, 0) is 4.74 Å². The number of carbonyl (C=O) groups excluding carboxylic acids is 1. The van der Waals surface area contributed by atoms with Crippen molar-refractivity contribution in [3.05, 3.63) is 94.5 Å². The molecule has 3 aromatic rings. The van der Waals surface area contributed by atoms with Crippen molar-refractivity contribution >= 4 is 12.1 Å². The zero-order valence-electron chi connectivity index (χ0n) is 16.8. The van der Waals surface area contributed by atoms with Crippen LogP contribution in [0.15, 0.2) is 66.7 Å². The van der Waals surface area contributed by atoms with Gasteiger partial charge in [-0.2, -0.15) is 0 Å². The van der Waals surface area contributed by atoms with E-state index in [-0.39, 0.29) is 29.7 Å². The lowest BCUT2D eigenvalue weighted by Crippen LogP contribution is -2.29. The van der Waals surface area contributed by atoms with Gasteiger partial charge in [-0.3, -0.25) is 4.90 Å². The van der Waals surface area contributed by atoms with E-state index in [4.69, 9.17) is 4.74 Å². The lowest BCUT2D eigenvalue weighted by Gasteiger charge is -2.23. The van der Waals surface area contributed by atoms with Gasteiger partial charge >= 0.3 is 12.1 Å². The van der Waals surface area contributed by atoms with Crippen LogP contribution in [-0.4, -0.2) is 28.7 Å². The molecule has 6 rings (SSSR count). The second kappa shape index (κ2) is 6.71. The lowest BCUT2D eigenvalue weighted by atomic mass is 9.90. The maximum Gasteiger partial charge on any atom is 0.410 e. The molecule has 1 saturated heterocycles. The molecular weight excluding hydrogens is 390 g/mol. The molecular formula is C26H21NO4. The lowest BCUT2D eigenvalue weighted by molar-refractivity contribution is 0.0696. The monoisotopic (exact) mass is 411 g/mol. The van der Waals surface area contributed by atoms with Gasteiger partial charge in [0, 0.05) is 5.92 Å². The molecule has 0 aromatic heterocycles. The third-order valence-electron chi connectivity index (χ3n) is 6.98. The van der Waals surface area contributed by atoms with Gasteiger partial charge in [-0.05, 0) is 58.4 Å². The summed E-state index contributed by atoms with van der Waals surface area (Å²) in [5, 5.41) is 9.32. The quantitative estimate of drug-likeness (QED) is 0.616. The Hall–Kier alpha value is -3.60. The van der Waals surface area contributed by atoms with Crippen molar-refractivity contribution in [1.82, 2.24) is 4.90 Å². The van der Waals surface area contributed by atoms with E-state index in [1.54, 1.807) is 12.1 Å². The minimum Gasteiger partial charge on any atom is -0.478 e. The number of benzene rings is 3. The van der Waals surface area contributed by atoms with E-state index in [2.05, 4.69) is 24.3 Å². The van der Waals surface area contributed by atoms with Crippen LogP contribution >= 0.6 is 0 Å². The minimum atomic E-state index is -0.946. The third-order valence-corrected chi connectivity index (χ3v) is 6.98. The number of nitrogens with zero attached hydrogens (tertiary/aromatic N) is 1. The van der Waals surface area contributed by atoms with Crippen molar-refractivity contribution in [1.29, 1.82) is 0 Å². The van der Waals surface area contributed by atoms with Gasteiger partial charge in [0.2, 0.25) is 0 Å². The van der Waals surface area contributed by atoms with E-state index < -0.39 is 5.97 Å². The molecule has 1 N–H and O–H groups in total. The number of carboxylic acids is 1. The maximum absolute atomic E-state index is 13.2. The largest absolute Gasteiger partial charge is 0.478 e. The molecule has 2 atom stereocenters. The van der Waals surface area contributed by atoms with Crippen molar-refractivity contribution in [3.63, 3.8) is 0 Å². The molecule has 5 nitrogen and oxygen atoms in total. The van der Waals surface area contributed by atoms with E-state index in [9.17, 15) is 14.7 Å². The molecule has 154 valence electrons. The van der Waals surface area contributed by atoms with Crippen LogP contribution in [0.5, 0.6) is 0 Å². The van der Waals surface area contributed by atoms with Gasteiger partial charge in [-0.15, -0.1) is 0 Å². The van der Waals surface area contributed by atoms with Gasteiger partial charge in [-0.25, -0.2) is 9.59 Å². The standard InChI is InChI=1S/C26H21NO4/c28-25(29)15-9-10-20-21(13-15)24-12-11-23(20)27(24)26(30)31-14-22-18-7-3-1-5-16(18)17-6-2-4-8-19(17)22/h1-10,13,22-24H,11-12,14H2,(H,28,29). The summed E-state index contributed by atoms with van der Waals surface area (Å²) in [6.07, 6.45) is 1.40. The minimum absolute atomic E-state index is 0.0256. The highest BCUT2D eigenvalue weighted by atomic mass is 16.6. The van der Waals surface area contributed by atoms with Crippen LogP contribution in [0.2, 0.25) is 0 Å². The highest BCUT2D eigenvalue weighted by molar-refractivity contribution is 5.88. The molecule has 3 aromatic carbocycles. The van der Waals surface area contributed by atoms with Crippen LogP contribution in [0.1, 0.15) is 63.5 Å². The van der Waals surface area contributed by atoms with E-state index in [0.29, 0.717) is 6.61 Å². The molecule has 2 heterocycles. The summed E-state index contributed by atoms with van der Waals surface area (Å²) in [7, 11) is 0. The fraction of sp³-hybridized carbons (Fsp3) is 0.231. The molecule has 0 spiro atoms.